The van der Waals surface area contributed by atoms with Crippen LogP contribution in [0.5, 0.6) is 0 Å². The maximum Gasteiger partial charge on any atom is 0.334 e. The lowest BCUT2D eigenvalue weighted by Gasteiger charge is -2.11. The third-order valence-corrected chi connectivity index (χ3v) is 4.45. The smallest absolute Gasteiger partial charge is 0.307 e. The van der Waals surface area contributed by atoms with Crippen molar-refractivity contribution in [1.82, 2.24) is 10.3 Å². The number of carbonyl (C=O) groups is 1. The van der Waals surface area contributed by atoms with Crippen molar-refractivity contribution in [3.05, 3.63) is 60.2 Å². The van der Waals surface area contributed by atoms with Crippen molar-refractivity contribution in [3.8, 4) is 0 Å². The molecule has 0 aliphatic heterocycles. The van der Waals surface area contributed by atoms with E-state index in [1.807, 2.05) is 19.9 Å². The second kappa shape index (κ2) is 7.26. The minimum absolute atomic E-state index is 0.0851. The number of nitrogens with one attached hydrogen (secondary N) is 3. The molecule has 2 rings (SSSR count). The summed E-state index contributed by atoms with van der Waals surface area (Å²) in [4.78, 5) is 13.8. The summed E-state index contributed by atoms with van der Waals surface area (Å²) in [5, 5.41) is 2.51. The molecule has 0 bridgehead atoms. The van der Waals surface area contributed by atoms with Gasteiger partial charge in [0, 0.05) is 5.69 Å². The first-order valence-corrected chi connectivity index (χ1v) is 8.60. The fourth-order valence-corrected chi connectivity index (χ4v) is 2.73. The molecule has 0 spiro atoms. The van der Waals surface area contributed by atoms with Crippen LogP contribution >= 0.6 is 0 Å². The SMILES string of the molecule is CC(C)c1ccc(S(=O)(=O)NNC(=O)Nc2ccccc2)cc1. The van der Waals surface area contributed by atoms with Gasteiger partial charge in [0.05, 0.1) is 4.90 Å². The second-order valence-corrected chi connectivity index (χ2v) is 6.96. The van der Waals surface area contributed by atoms with Crippen LogP contribution in [0, 0.1) is 0 Å². The number of hydrogen-bond acceptors (Lipinski definition) is 3. The first kappa shape index (κ1) is 17.0. The number of benzene rings is 2. The van der Waals surface area contributed by atoms with Gasteiger partial charge in [-0.2, -0.15) is 0 Å². The molecule has 2 amide bonds. The molecule has 2 aromatic rings. The Morgan fingerprint density at radius 1 is 0.957 bits per heavy atom. The van der Waals surface area contributed by atoms with Crippen LogP contribution < -0.4 is 15.6 Å². The number of amides is 2. The highest BCUT2D eigenvalue weighted by Gasteiger charge is 2.15. The van der Waals surface area contributed by atoms with Gasteiger partial charge in [-0.15, -0.1) is 4.83 Å². The average molecular weight is 333 g/mol. The quantitative estimate of drug-likeness (QED) is 0.735. The number of para-hydroxylation sites is 1. The summed E-state index contributed by atoms with van der Waals surface area (Å²) in [7, 11) is -3.81. The van der Waals surface area contributed by atoms with Crippen LogP contribution in [-0.2, 0) is 10.0 Å². The molecular formula is C16H19N3O3S. The number of sulfonamides is 1. The number of anilines is 1. The van der Waals surface area contributed by atoms with E-state index in [9.17, 15) is 13.2 Å². The Bertz CT molecular complexity index is 757. The fourth-order valence-electron chi connectivity index (χ4n) is 1.89. The normalized spacial score (nSPS) is 11.3. The number of rotatable bonds is 5. The fraction of sp³-hybridized carbons (Fsp3) is 0.188. The lowest BCUT2D eigenvalue weighted by Crippen LogP contribution is -2.43. The Morgan fingerprint density at radius 3 is 2.13 bits per heavy atom. The molecule has 0 saturated heterocycles. The minimum atomic E-state index is -3.81. The summed E-state index contributed by atoms with van der Waals surface area (Å²) in [6, 6.07) is 14.6. The number of hydrogen-bond donors (Lipinski definition) is 3. The summed E-state index contributed by atoms with van der Waals surface area (Å²) in [5.41, 5.74) is 3.72. The molecule has 0 atom stereocenters. The molecule has 23 heavy (non-hydrogen) atoms. The predicted octanol–water partition coefficient (Wildman–Crippen LogP) is 2.83. The van der Waals surface area contributed by atoms with Crippen LogP contribution in [0.2, 0.25) is 0 Å². The molecule has 0 heterocycles. The summed E-state index contributed by atoms with van der Waals surface area (Å²) in [5.74, 6) is 0.314. The first-order valence-electron chi connectivity index (χ1n) is 7.12. The molecule has 0 aromatic heterocycles. The van der Waals surface area contributed by atoms with Gasteiger partial charge >= 0.3 is 6.03 Å². The lowest BCUT2D eigenvalue weighted by molar-refractivity contribution is 0.250. The van der Waals surface area contributed by atoms with E-state index < -0.39 is 16.1 Å². The highest BCUT2D eigenvalue weighted by molar-refractivity contribution is 7.89. The maximum atomic E-state index is 12.1. The van der Waals surface area contributed by atoms with Gasteiger partial charge in [0.25, 0.3) is 10.0 Å². The van der Waals surface area contributed by atoms with Crippen LogP contribution in [-0.4, -0.2) is 14.4 Å². The zero-order valence-corrected chi connectivity index (χ0v) is 13.7. The maximum absolute atomic E-state index is 12.1. The molecule has 6 nitrogen and oxygen atoms in total. The minimum Gasteiger partial charge on any atom is -0.307 e. The molecule has 2 aromatic carbocycles. The highest BCUT2D eigenvalue weighted by atomic mass is 32.2. The van der Waals surface area contributed by atoms with Crippen molar-refractivity contribution < 1.29 is 13.2 Å². The zero-order valence-electron chi connectivity index (χ0n) is 12.9. The van der Waals surface area contributed by atoms with Gasteiger partial charge in [0.15, 0.2) is 0 Å². The van der Waals surface area contributed by atoms with Crippen LogP contribution in [0.1, 0.15) is 25.3 Å². The van der Waals surface area contributed by atoms with Gasteiger partial charge in [-0.3, -0.25) is 5.43 Å². The van der Waals surface area contributed by atoms with Crippen molar-refractivity contribution in [1.29, 1.82) is 0 Å². The Kier molecular flexibility index (Phi) is 5.36. The van der Waals surface area contributed by atoms with E-state index >= 15 is 0 Å². The first-order chi connectivity index (χ1) is 10.9. The average Bonchev–Trinajstić information content (AvgIpc) is 2.54. The van der Waals surface area contributed by atoms with E-state index in [1.54, 1.807) is 36.4 Å². The lowest BCUT2D eigenvalue weighted by atomic mass is 10.0. The molecule has 0 aliphatic rings. The van der Waals surface area contributed by atoms with E-state index in [0.29, 0.717) is 11.6 Å². The largest absolute Gasteiger partial charge is 0.334 e. The summed E-state index contributed by atoms with van der Waals surface area (Å²) >= 11 is 0. The number of hydrazine groups is 1. The molecule has 7 heteroatoms. The Labute approximate surface area is 135 Å². The molecular weight excluding hydrogens is 314 g/mol. The second-order valence-electron chi connectivity index (χ2n) is 5.27. The molecule has 0 unspecified atom stereocenters. The van der Waals surface area contributed by atoms with Crippen LogP contribution in [0.25, 0.3) is 0 Å². The monoisotopic (exact) mass is 333 g/mol. The molecule has 3 N–H and O–H groups in total. The molecule has 0 aliphatic carbocycles. The predicted molar refractivity (Wildman–Crippen MR) is 89.4 cm³/mol. The molecule has 0 radical (unpaired) electrons. The van der Waals surface area contributed by atoms with Gasteiger partial charge in [0.1, 0.15) is 0 Å². The van der Waals surface area contributed by atoms with Crippen molar-refractivity contribution >= 4 is 21.7 Å². The van der Waals surface area contributed by atoms with Crippen molar-refractivity contribution in [3.63, 3.8) is 0 Å². The van der Waals surface area contributed by atoms with Gasteiger partial charge in [0.2, 0.25) is 0 Å². The Morgan fingerprint density at radius 2 is 1.57 bits per heavy atom. The standard InChI is InChI=1S/C16H19N3O3S/c1-12(2)13-8-10-15(11-9-13)23(21,22)19-18-16(20)17-14-6-4-3-5-7-14/h3-12,19H,1-2H3,(H2,17,18,20). The highest BCUT2D eigenvalue weighted by Crippen LogP contribution is 2.16. The van der Waals surface area contributed by atoms with E-state index in [4.69, 9.17) is 0 Å². The van der Waals surface area contributed by atoms with Crippen LogP contribution in [0.3, 0.4) is 0 Å². The zero-order chi connectivity index (χ0) is 16.9. The van der Waals surface area contributed by atoms with Crippen molar-refractivity contribution in [2.45, 2.75) is 24.7 Å². The van der Waals surface area contributed by atoms with Gasteiger partial charge in [-0.25, -0.2) is 13.2 Å². The molecule has 122 valence electrons. The van der Waals surface area contributed by atoms with E-state index in [0.717, 1.165) is 5.56 Å². The Balaban J connectivity index is 1.97. The summed E-state index contributed by atoms with van der Waals surface area (Å²) < 4.78 is 24.2. The van der Waals surface area contributed by atoms with E-state index in [1.165, 1.54) is 12.1 Å². The van der Waals surface area contributed by atoms with Crippen molar-refractivity contribution in [2.24, 2.45) is 0 Å². The van der Waals surface area contributed by atoms with E-state index in [-0.39, 0.29) is 4.90 Å². The molecule has 0 saturated carbocycles. The third-order valence-electron chi connectivity index (χ3n) is 3.19. The van der Waals surface area contributed by atoms with Gasteiger partial charge in [-0.05, 0) is 35.7 Å². The third kappa shape index (κ3) is 4.80. The van der Waals surface area contributed by atoms with Gasteiger partial charge < -0.3 is 5.32 Å². The number of carbonyl (C=O) groups excluding carboxylic acids is 1. The van der Waals surface area contributed by atoms with Gasteiger partial charge in [-0.1, -0.05) is 44.2 Å². The number of urea groups is 1. The van der Waals surface area contributed by atoms with Crippen LogP contribution in [0.15, 0.2) is 59.5 Å². The summed E-state index contributed by atoms with van der Waals surface area (Å²) in [6.07, 6.45) is 0. The summed E-state index contributed by atoms with van der Waals surface area (Å²) in [6.45, 7) is 4.05. The topological polar surface area (TPSA) is 87.3 Å². The van der Waals surface area contributed by atoms with Crippen LogP contribution in [0.4, 0.5) is 10.5 Å². The van der Waals surface area contributed by atoms with Crippen molar-refractivity contribution in [2.75, 3.05) is 5.32 Å². The Hall–Kier alpha value is -2.38. The van der Waals surface area contributed by atoms with E-state index in [2.05, 4.69) is 15.6 Å². The molecule has 0 fully saturated rings.